The Bertz CT molecular complexity index is 461. The van der Waals surface area contributed by atoms with Gasteiger partial charge in [0, 0.05) is 31.8 Å². The number of rotatable bonds is 6. The van der Waals surface area contributed by atoms with Crippen LogP contribution in [0, 0.1) is 0 Å². The topological polar surface area (TPSA) is 41.9 Å². The fourth-order valence-electron chi connectivity index (χ4n) is 3.01. The Morgan fingerprint density at radius 2 is 2.10 bits per heavy atom. The first-order valence-electron chi connectivity index (χ1n) is 7.40. The van der Waals surface area contributed by atoms with Gasteiger partial charge >= 0.3 is 0 Å². The van der Waals surface area contributed by atoms with Crippen molar-refractivity contribution in [1.82, 2.24) is 4.90 Å². The molecule has 1 atom stereocenters. The fourth-order valence-corrected chi connectivity index (χ4v) is 3.01. The molecule has 1 saturated carbocycles. The number of nitrogens with zero attached hydrogens (tertiary/aromatic N) is 1. The van der Waals surface area contributed by atoms with Crippen LogP contribution in [0.3, 0.4) is 0 Å². The second kappa shape index (κ2) is 5.72. The Morgan fingerprint density at radius 1 is 1.30 bits per heavy atom. The van der Waals surface area contributed by atoms with Crippen molar-refractivity contribution in [2.75, 3.05) is 33.4 Å². The van der Waals surface area contributed by atoms with E-state index in [-0.39, 0.29) is 0 Å². The molecule has 4 nitrogen and oxygen atoms in total. The molecular weight excluding hydrogens is 254 g/mol. The maximum atomic E-state index is 11.0. The predicted octanol–water partition coefficient (Wildman–Crippen LogP) is 1.77. The summed E-state index contributed by atoms with van der Waals surface area (Å²) in [5, 5.41) is 11.0. The summed E-state index contributed by atoms with van der Waals surface area (Å²) in [4.78, 5) is 2.41. The highest BCUT2D eigenvalue weighted by Crippen LogP contribution is 2.41. The highest BCUT2D eigenvalue weighted by Gasteiger charge is 2.44. The minimum absolute atomic E-state index is 0.510. The summed E-state index contributed by atoms with van der Waals surface area (Å²) < 4.78 is 10.8. The van der Waals surface area contributed by atoms with Crippen molar-refractivity contribution in [3.05, 3.63) is 29.8 Å². The third kappa shape index (κ3) is 2.82. The molecule has 1 aromatic rings. The zero-order chi connectivity index (χ0) is 14.0. The van der Waals surface area contributed by atoms with Gasteiger partial charge in [-0.1, -0.05) is 18.2 Å². The Kier molecular flexibility index (Phi) is 3.96. The van der Waals surface area contributed by atoms with Crippen LogP contribution in [0.15, 0.2) is 24.3 Å². The maximum Gasteiger partial charge on any atom is 0.125 e. The zero-order valence-electron chi connectivity index (χ0n) is 12.0. The summed E-state index contributed by atoms with van der Waals surface area (Å²) >= 11 is 0. The number of methoxy groups -OCH3 is 1. The first-order chi connectivity index (χ1) is 9.73. The zero-order valence-corrected chi connectivity index (χ0v) is 12.0. The van der Waals surface area contributed by atoms with Gasteiger partial charge in [0.05, 0.1) is 6.61 Å². The summed E-state index contributed by atoms with van der Waals surface area (Å²) in [6, 6.07) is 8.53. The molecule has 0 amide bonds. The average Bonchev–Trinajstić information content (AvgIpc) is 3.23. The molecule has 0 radical (unpaired) electrons. The lowest BCUT2D eigenvalue weighted by Gasteiger charge is -2.26. The van der Waals surface area contributed by atoms with Gasteiger partial charge in [-0.2, -0.15) is 0 Å². The number of aliphatic hydroxyl groups is 1. The highest BCUT2D eigenvalue weighted by atomic mass is 16.5. The normalized spacial score (nSPS) is 26.9. The lowest BCUT2D eigenvalue weighted by Crippen LogP contribution is -2.32. The molecular formula is C16H23NO3. The molecule has 4 heteroatoms. The van der Waals surface area contributed by atoms with Gasteiger partial charge in [-0.15, -0.1) is 0 Å². The van der Waals surface area contributed by atoms with Crippen LogP contribution >= 0.6 is 0 Å². The standard InChI is InChI=1S/C16H23NO3/c1-19-10-11-20-15-5-3-2-4-14(15)16(18)8-9-17(12-16)13-6-7-13/h2-5,13,18H,6-12H2,1H3. The van der Waals surface area contributed by atoms with E-state index in [1.807, 2.05) is 24.3 Å². The molecule has 2 aliphatic rings. The highest BCUT2D eigenvalue weighted by molar-refractivity contribution is 5.39. The molecule has 20 heavy (non-hydrogen) atoms. The van der Waals surface area contributed by atoms with Gasteiger partial charge in [0.2, 0.25) is 0 Å². The van der Waals surface area contributed by atoms with Crippen molar-refractivity contribution in [2.45, 2.75) is 30.9 Å². The number of β-amino-alcohol motifs (C(OH)–C–C–N with tert-alkyl or cyclic N) is 1. The molecule has 0 bridgehead atoms. The van der Waals surface area contributed by atoms with Crippen molar-refractivity contribution < 1.29 is 14.6 Å². The molecule has 0 spiro atoms. The predicted molar refractivity (Wildman–Crippen MR) is 76.9 cm³/mol. The van der Waals surface area contributed by atoms with Gasteiger partial charge in [-0.3, -0.25) is 4.90 Å². The lowest BCUT2D eigenvalue weighted by molar-refractivity contribution is 0.0411. The van der Waals surface area contributed by atoms with Crippen molar-refractivity contribution in [3.63, 3.8) is 0 Å². The largest absolute Gasteiger partial charge is 0.491 e. The van der Waals surface area contributed by atoms with E-state index >= 15 is 0 Å². The number of benzene rings is 1. The van der Waals surface area contributed by atoms with Crippen molar-refractivity contribution in [3.8, 4) is 5.75 Å². The molecule has 110 valence electrons. The molecule has 1 N–H and O–H groups in total. The SMILES string of the molecule is COCCOc1ccccc1C1(O)CCN(C2CC2)C1. The number of para-hydroxylation sites is 1. The fraction of sp³-hybridized carbons (Fsp3) is 0.625. The number of likely N-dealkylation sites (tertiary alicyclic amines) is 1. The lowest BCUT2D eigenvalue weighted by atomic mass is 9.92. The summed E-state index contributed by atoms with van der Waals surface area (Å²) in [6.45, 7) is 2.77. The van der Waals surface area contributed by atoms with Crippen LogP contribution in [0.1, 0.15) is 24.8 Å². The van der Waals surface area contributed by atoms with E-state index in [9.17, 15) is 5.11 Å². The Balaban J connectivity index is 1.74. The summed E-state index contributed by atoms with van der Waals surface area (Å²) in [5.74, 6) is 0.782. The van der Waals surface area contributed by atoms with Crippen LogP contribution in [0.2, 0.25) is 0 Å². The Morgan fingerprint density at radius 3 is 2.85 bits per heavy atom. The number of ether oxygens (including phenoxy) is 2. The monoisotopic (exact) mass is 277 g/mol. The molecule has 1 aromatic carbocycles. The molecule has 1 saturated heterocycles. The third-order valence-corrected chi connectivity index (χ3v) is 4.27. The van der Waals surface area contributed by atoms with Gasteiger partial charge in [-0.25, -0.2) is 0 Å². The molecule has 1 aliphatic heterocycles. The summed E-state index contributed by atoms with van der Waals surface area (Å²) in [7, 11) is 1.66. The Labute approximate surface area is 120 Å². The van der Waals surface area contributed by atoms with E-state index in [1.165, 1.54) is 12.8 Å². The smallest absolute Gasteiger partial charge is 0.125 e. The first-order valence-corrected chi connectivity index (χ1v) is 7.40. The maximum absolute atomic E-state index is 11.0. The van der Waals surface area contributed by atoms with E-state index in [4.69, 9.17) is 9.47 Å². The van der Waals surface area contributed by atoms with E-state index in [0.717, 1.165) is 30.8 Å². The third-order valence-electron chi connectivity index (χ3n) is 4.27. The van der Waals surface area contributed by atoms with E-state index in [2.05, 4.69) is 4.90 Å². The second-order valence-electron chi connectivity index (χ2n) is 5.82. The average molecular weight is 277 g/mol. The second-order valence-corrected chi connectivity index (χ2v) is 5.82. The van der Waals surface area contributed by atoms with Crippen LogP contribution in [0.4, 0.5) is 0 Å². The molecule has 1 heterocycles. The molecule has 1 unspecified atom stereocenters. The van der Waals surface area contributed by atoms with Gasteiger partial charge in [0.15, 0.2) is 0 Å². The quantitative estimate of drug-likeness (QED) is 0.805. The van der Waals surface area contributed by atoms with Crippen LogP contribution in [-0.4, -0.2) is 49.5 Å². The van der Waals surface area contributed by atoms with Gasteiger partial charge in [-0.05, 0) is 25.3 Å². The van der Waals surface area contributed by atoms with Crippen LogP contribution < -0.4 is 4.74 Å². The summed E-state index contributed by atoms with van der Waals surface area (Å²) in [5.41, 5.74) is 0.144. The van der Waals surface area contributed by atoms with E-state index in [0.29, 0.717) is 19.3 Å². The minimum atomic E-state index is -0.772. The van der Waals surface area contributed by atoms with Crippen molar-refractivity contribution in [1.29, 1.82) is 0 Å². The minimum Gasteiger partial charge on any atom is -0.491 e. The van der Waals surface area contributed by atoms with Gasteiger partial charge in [0.25, 0.3) is 0 Å². The first kappa shape index (κ1) is 13.9. The van der Waals surface area contributed by atoms with Gasteiger partial charge < -0.3 is 14.6 Å². The van der Waals surface area contributed by atoms with Crippen LogP contribution in [-0.2, 0) is 10.3 Å². The van der Waals surface area contributed by atoms with E-state index in [1.54, 1.807) is 7.11 Å². The van der Waals surface area contributed by atoms with Gasteiger partial charge in [0.1, 0.15) is 18.0 Å². The van der Waals surface area contributed by atoms with Crippen LogP contribution in [0.5, 0.6) is 5.75 Å². The number of hydrogen-bond acceptors (Lipinski definition) is 4. The van der Waals surface area contributed by atoms with Crippen molar-refractivity contribution in [2.24, 2.45) is 0 Å². The molecule has 2 fully saturated rings. The number of hydrogen-bond donors (Lipinski definition) is 1. The molecule has 0 aromatic heterocycles. The molecule has 3 rings (SSSR count). The van der Waals surface area contributed by atoms with Crippen molar-refractivity contribution >= 4 is 0 Å². The summed E-state index contributed by atoms with van der Waals surface area (Å²) in [6.07, 6.45) is 3.35. The molecule has 1 aliphatic carbocycles. The Hall–Kier alpha value is -1.10. The van der Waals surface area contributed by atoms with Crippen LogP contribution in [0.25, 0.3) is 0 Å². The van der Waals surface area contributed by atoms with E-state index < -0.39 is 5.60 Å².